The molecular weight excluding hydrogens is 552 g/mol. The molecule has 6 rings (SSSR count). The van der Waals surface area contributed by atoms with Crippen LogP contribution in [0.1, 0.15) is 31.7 Å². The summed E-state index contributed by atoms with van der Waals surface area (Å²) in [5, 5.41) is 10.5. The summed E-state index contributed by atoms with van der Waals surface area (Å²) in [4.78, 5) is 31.1. The molecule has 2 aliphatic rings. The van der Waals surface area contributed by atoms with E-state index in [1.165, 1.54) is 18.1 Å². The first kappa shape index (κ1) is 26.7. The first-order valence-electron chi connectivity index (χ1n) is 13.2. The third-order valence-corrected chi connectivity index (χ3v) is 8.41. The minimum absolute atomic E-state index is 0.00185. The molecule has 4 aromatic rings. The van der Waals surface area contributed by atoms with E-state index < -0.39 is 0 Å². The van der Waals surface area contributed by atoms with E-state index in [0.29, 0.717) is 36.3 Å². The molecule has 0 spiro atoms. The van der Waals surface area contributed by atoms with Crippen molar-refractivity contribution in [3.8, 4) is 28.7 Å². The number of methoxy groups -OCH3 is 1. The molecule has 1 fully saturated rings. The van der Waals surface area contributed by atoms with Crippen molar-refractivity contribution >= 4 is 45.3 Å². The number of nitrogens with zero attached hydrogens (tertiary/aromatic N) is 6. The Morgan fingerprint density at radius 2 is 2.15 bits per heavy atom. The number of ether oxygens (including phenoxy) is 2. The summed E-state index contributed by atoms with van der Waals surface area (Å²) in [5.74, 6) is 1.95. The van der Waals surface area contributed by atoms with E-state index in [9.17, 15) is 4.79 Å². The fourth-order valence-corrected chi connectivity index (χ4v) is 6.31. The quantitative estimate of drug-likeness (QED) is 0.222. The predicted octanol–water partition coefficient (Wildman–Crippen LogP) is 4.22. The van der Waals surface area contributed by atoms with Gasteiger partial charge in [-0.15, -0.1) is 11.6 Å². The minimum Gasteiger partial charge on any atom is -0.490 e. The van der Waals surface area contributed by atoms with Crippen molar-refractivity contribution < 1.29 is 14.3 Å². The topological polar surface area (TPSA) is 132 Å². The molecule has 0 radical (unpaired) electrons. The van der Waals surface area contributed by atoms with Crippen LogP contribution in [0.4, 0.5) is 0 Å². The number of imidazole rings is 1. The number of aliphatic imine (C=N–C) groups is 1. The smallest absolute Gasteiger partial charge is 0.276 e. The second-order valence-electron chi connectivity index (χ2n) is 9.70. The molecule has 1 saturated carbocycles. The number of para-hydroxylation sites is 1. The zero-order valence-electron chi connectivity index (χ0n) is 21.9. The van der Waals surface area contributed by atoms with Gasteiger partial charge in [0.2, 0.25) is 0 Å². The van der Waals surface area contributed by atoms with Gasteiger partial charge in [0.05, 0.1) is 30.4 Å². The third kappa shape index (κ3) is 5.56. The lowest BCUT2D eigenvalue weighted by Crippen LogP contribution is -2.41. The number of aromatic amines is 1. The first-order valence-corrected chi connectivity index (χ1v) is 14.5. The number of alkyl halides is 1. The molecule has 3 aromatic heterocycles. The number of aromatic nitrogens is 6. The van der Waals surface area contributed by atoms with Crippen LogP contribution in [0.5, 0.6) is 5.75 Å². The maximum absolute atomic E-state index is 12.9. The van der Waals surface area contributed by atoms with Crippen molar-refractivity contribution in [3.63, 3.8) is 0 Å². The average Bonchev–Trinajstić information content (AvgIpc) is 3.73. The minimum atomic E-state index is -0.182. The summed E-state index contributed by atoms with van der Waals surface area (Å²) in [6.07, 6.45) is 6.77. The van der Waals surface area contributed by atoms with Crippen molar-refractivity contribution in [2.45, 2.75) is 42.5 Å². The highest BCUT2D eigenvalue weighted by atomic mass is 35.5. The highest BCUT2D eigenvalue weighted by Gasteiger charge is 2.31. The van der Waals surface area contributed by atoms with E-state index >= 15 is 0 Å². The Balaban J connectivity index is 1.38. The van der Waals surface area contributed by atoms with Crippen LogP contribution >= 0.6 is 23.4 Å². The second-order valence-corrected chi connectivity index (χ2v) is 11.7. The molecule has 1 aliphatic carbocycles. The zero-order chi connectivity index (χ0) is 27.5. The number of benzene rings is 1. The Bertz CT molecular complexity index is 1530. The normalized spacial score (nSPS) is 20.9. The molecule has 1 amide bonds. The molecular formula is C27H29ClN8O3S. The van der Waals surface area contributed by atoms with Gasteiger partial charge in [0.25, 0.3) is 5.91 Å². The number of amides is 1. The Kier molecular flexibility index (Phi) is 7.98. The van der Waals surface area contributed by atoms with Crippen LogP contribution in [-0.2, 0) is 9.53 Å². The van der Waals surface area contributed by atoms with Crippen molar-refractivity contribution in [2.75, 3.05) is 26.9 Å². The summed E-state index contributed by atoms with van der Waals surface area (Å²) in [6, 6.07) is 9.96. The molecule has 11 nitrogen and oxygen atoms in total. The van der Waals surface area contributed by atoms with Gasteiger partial charge >= 0.3 is 0 Å². The molecule has 3 unspecified atom stereocenters. The molecule has 208 valence electrons. The van der Waals surface area contributed by atoms with Crippen LogP contribution < -0.4 is 10.1 Å². The van der Waals surface area contributed by atoms with Crippen molar-refractivity contribution in [1.82, 2.24) is 35.0 Å². The number of fused-ring (bicyclic) bond motifs is 1. The molecule has 4 heterocycles. The molecule has 13 heteroatoms. The molecule has 0 bridgehead atoms. The third-order valence-electron chi connectivity index (χ3n) is 7.07. The van der Waals surface area contributed by atoms with Crippen molar-refractivity contribution in [1.29, 1.82) is 0 Å². The van der Waals surface area contributed by atoms with E-state index in [0.717, 1.165) is 53.9 Å². The van der Waals surface area contributed by atoms with Gasteiger partial charge in [-0.05, 0) is 43.9 Å². The number of carbonyl (C=O) groups excluding carboxylic acids is 1. The Morgan fingerprint density at radius 1 is 1.25 bits per heavy atom. The van der Waals surface area contributed by atoms with Gasteiger partial charge in [0, 0.05) is 19.2 Å². The highest BCUT2D eigenvalue weighted by molar-refractivity contribution is 8.17. The number of H-pyrrole nitrogens is 1. The fourth-order valence-electron chi connectivity index (χ4n) is 5.28. The fraction of sp³-hybridized carbons (Fsp3) is 0.407. The number of pyridine rings is 1. The van der Waals surface area contributed by atoms with E-state index in [2.05, 4.69) is 35.0 Å². The Hall–Kier alpha value is -3.48. The maximum Gasteiger partial charge on any atom is 0.276 e. The van der Waals surface area contributed by atoms with E-state index in [4.69, 9.17) is 26.1 Å². The van der Waals surface area contributed by atoms with E-state index in [-0.39, 0.29) is 22.7 Å². The zero-order valence-corrected chi connectivity index (χ0v) is 23.5. The van der Waals surface area contributed by atoms with Crippen LogP contribution in [0, 0.1) is 0 Å². The SMILES string of the molecule is COCCOc1ccccc1-c1nc2cnc(-c3ncn[nH]3)cc2n1C1CCCC(NC(=O)C2=NCC(Cl)S2)C1. The van der Waals surface area contributed by atoms with Gasteiger partial charge in [-0.2, -0.15) is 5.10 Å². The largest absolute Gasteiger partial charge is 0.490 e. The van der Waals surface area contributed by atoms with Crippen molar-refractivity contribution in [2.24, 2.45) is 4.99 Å². The summed E-state index contributed by atoms with van der Waals surface area (Å²) in [5.41, 5.74) is 3.25. The Labute approximate surface area is 240 Å². The van der Waals surface area contributed by atoms with Crippen LogP contribution in [0.3, 0.4) is 0 Å². The van der Waals surface area contributed by atoms with Gasteiger partial charge < -0.3 is 19.4 Å². The number of carbonyl (C=O) groups is 1. The second kappa shape index (κ2) is 11.9. The van der Waals surface area contributed by atoms with Crippen LogP contribution in [0.15, 0.2) is 47.8 Å². The molecule has 1 aromatic carbocycles. The van der Waals surface area contributed by atoms with Crippen LogP contribution in [0.2, 0.25) is 0 Å². The van der Waals surface area contributed by atoms with E-state index in [1.54, 1.807) is 13.3 Å². The molecule has 2 N–H and O–H groups in total. The average molecular weight is 581 g/mol. The number of hydrogen-bond acceptors (Lipinski definition) is 9. The Morgan fingerprint density at radius 3 is 2.95 bits per heavy atom. The standard InChI is InChI=1S/C27H29ClN8O3S/c1-38-9-10-39-22-8-3-2-7-18(22)25-34-20-13-29-19(24-31-15-32-35-24)12-21(20)36(25)17-6-4-5-16(11-17)33-26(37)27-30-14-23(28)40-27/h2-3,7-8,12-13,15-17,23H,4-6,9-11,14H2,1H3,(H,33,37)(H,31,32,35). The summed E-state index contributed by atoms with van der Waals surface area (Å²) < 4.78 is 13.4. The highest BCUT2D eigenvalue weighted by Crippen LogP contribution is 2.39. The number of thioether (sulfide) groups is 1. The van der Waals surface area contributed by atoms with Gasteiger partial charge in [-0.25, -0.2) is 9.97 Å². The predicted molar refractivity (Wildman–Crippen MR) is 155 cm³/mol. The molecule has 40 heavy (non-hydrogen) atoms. The summed E-state index contributed by atoms with van der Waals surface area (Å²) >= 11 is 7.46. The monoisotopic (exact) mass is 580 g/mol. The van der Waals surface area contributed by atoms with Gasteiger partial charge in [0.1, 0.15) is 40.4 Å². The number of hydrogen-bond donors (Lipinski definition) is 2. The van der Waals surface area contributed by atoms with Gasteiger partial charge in [-0.3, -0.25) is 19.9 Å². The first-order chi connectivity index (χ1) is 19.6. The molecule has 1 aliphatic heterocycles. The maximum atomic E-state index is 12.9. The van der Waals surface area contributed by atoms with Gasteiger partial charge in [0.15, 0.2) is 10.9 Å². The van der Waals surface area contributed by atoms with Crippen LogP contribution in [0.25, 0.3) is 33.9 Å². The number of rotatable bonds is 9. The van der Waals surface area contributed by atoms with Gasteiger partial charge in [-0.1, -0.05) is 23.9 Å². The number of halogens is 1. The summed E-state index contributed by atoms with van der Waals surface area (Å²) in [6.45, 7) is 1.36. The van der Waals surface area contributed by atoms with E-state index in [1.807, 2.05) is 30.3 Å². The molecule has 0 saturated heterocycles. The lowest BCUT2D eigenvalue weighted by molar-refractivity contribution is -0.115. The number of nitrogens with one attached hydrogen (secondary N) is 2. The lowest BCUT2D eigenvalue weighted by Gasteiger charge is -2.32. The molecule has 3 atom stereocenters. The van der Waals surface area contributed by atoms with Crippen LogP contribution in [-0.4, -0.2) is 78.3 Å². The lowest BCUT2D eigenvalue weighted by atomic mass is 9.90. The van der Waals surface area contributed by atoms with Crippen molar-refractivity contribution in [3.05, 3.63) is 42.9 Å². The summed E-state index contributed by atoms with van der Waals surface area (Å²) in [7, 11) is 1.65.